The maximum Gasteiger partial charge on any atom is 0.179 e. The van der Waals surface area contributed by atoms with Crippen LogP contribution in [-0.4, -0.2) is 25.2 Å². The van der Waals surface area contributed by atoms with Crippen molar-refractivity contribution in [2.24, 2.45) is 0 Å². The zero-order chi connectivity index (χ0) is 13.2. The Labute approximate surface area is 112 Å². The molecule has 1 atom stereocenters. The van der Waals surface area contributed by atoms with Crippen LogP contribution >= 0.6 is 0 Å². The van der Waals surface area contributed by atoms with Crippen LogP contribution in [-0.2, 0) is 4.74 Å². The van der Waals surface area contributed by atoms with Crippen LogP contribution in [0.15, 0.2) is 24.6 Å². The third-order valence-electron chi connectivity index (χ3n) is 3.00. The summed E-state index contributed by atoms with van der Waals surface area (Å²) in [6.45, 7) is 10.00. The summed E-state index contributed by atoms with van der Waals surface area (Å²) < 4.78 is 5.81. The van der Waals surface area contributed by atoms with E-state index in [9.17, 15) is 0 Å². The molecule has 0 saturated heterocycles. The molecule has 2 N–H and O–H groups in total. The summed E-state index contributed by atoms with van der Waals surface area (Å²) in [6.07, 6.45) is 10.8. The van der Waals surface area contributed by atoms with Gasteiger partial charge in [-0.2, -0.15) is 0 Å². The molecule has 0 radical (unpaired) electrons. The highest BCUT2D eigenvalue weighted by Gasteiger charge is 2.08. The van der Waals surface area contributed by atoms with Gasteiger partial charge >= 0.3 is 0 Å². The van der Waals surface area contributed by atoms with E-state index in [0.717, 1.165) is 19.5 Å². The van der Waals surface area contributed by atoms with Crippen molar-refractivity contribution in [3.8, 4) is 0 Å². The second-order valence-electron chi connectivity index (χ2n) is 5.18. The fourth-order valence-electron chi connectivity index (χ4n) is 2.01. The molecule has 0 bridgehead atoms. The van der Waals surface area contributed by atoms with Gasteiger partial charge in [-0.05, 0) is 38.3 Å². The summed E-state index contributed by atoms with van der Waals surface area (Å²) in [5.41, 5.74) is 0. The van der Waals surface area contributed by atoms with Crippen molar-refractivity contribution in [3.63, 3.8) is 0 Å². The number of ether oxygens (including phenoxy) is 1. The summed E-state index contributed by atoms with van der Waals surface area (Å²) in [7, 11) is 0. The Kier molecular flexibility index (Phi) is 7.58. The lowest BCUT2D eigenvalue weighted by atomic mass is 10.0. The van der Waals surface area contributed by atoms with Gasteiger partial charge in [0.15, 0.2) is 5.88 Å². The van der Waals surface area contributed by atoms with E-state index in [1.807, 2.05) is 0 Å². The Morgan fingerprint density at radius 2 is 2.17 bits per heavy atom. The predicted octanol–water partition coefficient (Wildman–Crippen LogP) is 2.95. The number of nitrogens with one attached hydrogen (secondary N) is 2. The van der Waals surface area contributed by atoms with Crippen LogP contribution in [0.3, 0.4) is 0 Å². The van der Waals surface area contributed by atoms with Crippen LogP contribution in [0.4, 0.5) is 0 Å². The largest absolute Gasteiger partial charge is 0.472 e. The molecule has 1 aliphatic carbocycles. The number of hydrogen-bond acceptors (Lipinski definition) is 3. The first-order chi connectivity index (χ1) is 8.68. The van der Waals surface area contributed by atoms with Gasteiger partial charge in [0.05, 0.1) is 0 Å². The van der Waals surface area contributed by atoms with Crippen LogP contribution in [0.25, 0.3) is 0 Å². The first kappa shape index (κ1) is 15.1. The van der Waals surface area contributed by atoms with E-state index >= 15 is 0 Å². The molecule has 0 aromatic carbocycles. The molecule has 104 valence electrons. The van der Waals surface area contributed by atoms with Gasteiger partial charge in [-0.1, -0.05) is 26.3 Å². The molecule has 0 aromatic heterocycles. The third-order valence-corrected chi connectivity index (χ3v) is 3.00. The molecule has 0 saturated carbocycles. The third kappa shape index (κ3) is 7.38. The van der Waals surface area contributed by atoms with Crippen LogP contribution in [0.1, 0.15) is 46.0 Å². The van der Waals surface area contributed by atoms with Gasteiger partial charge in [0, 0.05) is 19.1 Å². The van der Waals surface area contributed by atoms with Crippen molar-refractivity contribution in [2.75, 3.05) is 13.1 Å². The molecule has 0 spiro atoms. The van der Waals surface area contributed by atoms with E-state index in [1.54, 1.807) is 0 Å². The second kappa shape index (κ2) is 9.03. The Hall–Kier alpha value is -0.960. The van der Waals surface area contributed by atoms with E-state index in [2.05, 4.69) is 43.2 Å². The Morgan fingerprint density at radius 1 is 1.33 bits per heavy atom. The molecule has 0 heterocycles. The van der Waals surface area contributed by atoms with Crippen LogP contribution in [0.5, 0.6) is 0 Å². The number of hydrogen-bond donors (Lipinski definition) is 2. The summed E-state index contributed by atoms with van der Waals surface area (Å²) in [6, 6.07) is 0.523. The predicted molar refractivity (Wildman–Crippen MR) is 77.4 cm³/mol. The molecule has 0 aliphatic heterocycles. The molecule has 0 amide bonds. The lowest BCUT2D eigenvalue weighted by Crippen LogP contribution is -2.32. The van der Waals surface area contributed by atoms with Crippen molar-refractivity contribution in [1.82, 2.24) is 10.6 Å². The van der Waals surface area contributed by atoms with Crippen LogP contribution in [0, 0.1) is 0 Å². The fraction of sp³-hybridized carbons (Fsp3) is 0.733. The molecule has 18 heavy (non-hydrogen) atoms. The van der Waals surface area contributed by atoms with E-state index in [0.29, 0.717) is 11.9 Å². The van der Waals surface area contributed by atoms with Crippen molar-refractivity contribution in [2.45, 2.75) is 58.1 Å². The zero-order valence-corrected chi connectivity index (χ0v) is 11.9. The smallest absolute Gasteiger partial charge is 0.179 e. The van der Waals surface area contributed by atoms with Gasteiger partial charge in [0.25, 0.3) is 0 Å². The SMILES string of the molecule is C=C(NCCNC(C)C)O[C@@H]1/C=C/CCCCC1. The molecule has 1 aliphatic rings. The molecular formula is C15H28N2O. The van der Waals surface area contributed by atoms with E-state index in [4.69, 9.17) is 4.74 Å². The Bertz CT molecular complexity index is 261. The van der Waals surface area contributed by atoms with Crippen LogP contribution < -0.4 is 10.6 Å². The standard InChI is InChI=1S/C15H28N2O/c1-13(2)16-11-12-17-14(3)18-15-9-7-5-4-6-8-10-15/h7,9,13,15-17H,3-6,8,10-12H2,1-2H3/b9-7+/t15-/m1/s1. The summed E-state index contributed by atoms with van der Waals surface area (Å²) in [5, 5.41) is 6.56. The highest BCUT2D eigenvalue weighted by molar-refractivity contribution is 4.94. The number of rotatable bonds is 7. The molecule has 3 heteroatoms. The highest BCUT2D eigenvalue weighted by atomic mass is 16.5. The average molecular weight is 252 g/mol. The molecule has 0 aromatic rings. The minimum absolute atomic E-state index is 0.198. The summed E-state index contributed by atoms with van der Waals surface area (Å²) in [5.74, 6) is 0.691. The maximum atomic E-state index is 5.81. The molecule has 0 unspecified atom stereocenters. The van der Waals surface area contributed by atoms with E-state index in [1.165, 1.54) is 25.7 Å². The first-order valence-electron chi connectivity index (χ1n) is 7.18. The first-order valence-corrected chi connectivity index (χ1v) is 7.18. The molecule has 0 fully saturated rings. The van der Waals surface area contributed by atoms with Gasteiger partial charge in [-0.3, -0.25) is 0 Å². The Morgan fingerprint density at radius 3 is 2.94 bits per heavy atom. The van der Waals surface area contributed by atoms with Crippen molar-refractivity contribution in [3.05, 3.63) is 24.6 Å². The maximum absolute atomic E-state index is 5.81. The molecule has 1 rings (SSSR count). The van der Waals surface area contributed by atoms with Gasteiger partial charge in [0.2, 0.25) is 0 Å². The number of allylic oxidation sites excluding steroid dienone is 1. The van der Waals surface area contributed by atoms with Crippen molar-refractivity contribution >= 4 is 0 Å². The minimum Gasteiger partial charge on any atom is -0.472 e. The van der Waals surface area contributed by atoms with Gasteiger partial charge in [-0.15, -0.1) is 0 Å². The van der Waals surface area contributed by atoms with Crippen molar-refractivity contribution in [1.29, 1.82) is 0 Å². The lowest BCUT2D eigenvalue weighted by molar-refractivity contribution is 0.128. The molecular weight excluding hydrogens is 224 g/mol. The quantitative estimate of drug-likeness (QED) is 0.415. The lowest BCUT2D eigenvalue weighted by Gasteiger charge is -2.20. The Balaban J connectivity index is 2.15. The van der Waals surface area contributed by atoms with Gasteiger partial charge in [-0.25, -0.2) is 0 Å². The average Bonchev–Trinajstić information content (AvgIpc) is 2.28. The zero-order valence-electron chi connectivity index (χ0n) is 11.9. The fourth-order valence-corrected chi connectivity index (χ4v) is 2.01. The second-order valence-corrected chi connectivity index (χ2v) is 5.18. The van der Waals surface area contributed by atoms with Gasteiger partial charge < -0.3 is 15.4 Å². The topological polar surface area (TPSA) is 33.3 Å². The summed E-state index contributed by atoms with van der Waals surface area (Å²) >= 11 is 0. The molecule has 3 nitrogen and oxygen atoms in total. The minimum atomic E-state index is 0.198. The monoisotopic (exact) mass is 252 g/mol. The van der Waals surface area contributed by atoms with Crippen LogP contribution in [0.2, 0.25) is 0 Å². The van der Waals surface area contributed by atoms with E-state index < -0.39 is 0 Å². The van der Waals surface area contributed by atoms with Gasteiger partial charge in [0.1, 0.15) is 6.10 Å². The normalized spacial score (nSPS) is 22.1. The highest BCUT2D eigenvalue weighted by Crippen LogP contribution is 2.15. The summed E-state index contributed by atoms with van der Waals surface area (Å²) in [4.78, 5) is 0. The van der Waals surface area contributed by atoms with Crippen molar-refractivity contribution < 1.29 is 4.74 Å². The van der Waals surface area contributed by atoms with E-state index in [-0.39, 0.29) is 6.10 Å².